The lowest BCUT2D eigenvalue weighted by Crippen LogP contribution is -2.28. The largest absolute Gasteiger partial charge is 0.463 e. The van der Waals surface area contributed by atoms with Gasteiger partial charge in [0.25, 0.3) is 0 Å². The maximum Gasteiger partial charge on any atom is 0.330 e. The number of carbonyl (C=O) groups is 2. The number of hydrogen-bond donors (Lipinski definition) is 1. The van der Waals surface area contributed by atoms with Crippen LogP contribution in [-0.4, -0.2) is 31.3 Å². The van der Waals surface area contributed by atoms with Gasteiger partial charge in [0.15, 0.2) is 5.75 Å². The molecule has 0 fully saturated rings. The highest BCUT2D eigenvalue weighted by Crippen LogP contribution is 2.45. The Morgan fingerprint density at radius 3 is 2.35 bits per heavy atom. The summed E-state index contributed by atoms with van der Waals surface area (Å²) in [7, 11) is 0. The minimum absolute atomic E-state index is 0.127. The summed E-state index contributed by atoms with van der Waals surface area (Å²) in [6, 6.07) is 16.0. The van der Waals surface area contributed by atoms with Crippen LogP contribution in [0.2, 0.25) is 0 Å². The van der Waals surface area contributed by atoms with Gasteiger partial charge in [0.05, 0.1) is 13.2 Å². The Bertz CT molecular complexity index is 1440. The number of fused-ring (bicyclic) bond motifs is 7. The molecule has 0 aromatic heterocycles. The molecule has 3 aromatic carbocycles. The predicted molar refractivity (Wildman–Crippen MR) is 141 cm³/mol. The number of nitrogens with one attached hydrogen (secondary N) is 1. The number of ether oxygens (including phenoxy) is 2. The Labute approximate surface area is 214 Å². The first-order valence-electron chi connectivity index (χ1n) is 12.2. The average Bonchev–Trinajstić information content (AvgIpc) is 3.10. The number of carbonyl (C=O) groups excluding carboxylic acids is 2. The van der Waals surface area contributed by atoms with Crippen molar-refractivity contribution < 1.29 is 28.7 Å². The molecule has 0 spiro atoms. The first-order chi connectivity index (χ1) is 18.1. The Morgan fingerprint density at radius 1 is 0.919 bits per heavy atom. The van der Waals surface area contributed by atoms with Crippen LogP contribution in [0.15, 0.2) is 66.8 Å². The molecule has 0 radical (unpaired) electrons. The van der Waals surface area contributed by atoms with Crippen molar-refractivity contribution in [2.24, 2.45) is 0 Å². The Morgan fingerprint density at radius 2 is 1.62 bits per heavy atom. The van der Waals surface area contributed by atoms with Crippen LogP contribution in [-0.2, 0) is 23.9 Å². The van der Waals surface area contributed by atoms with Crippen molar-refractivity contribution in [1.29, 1.82) is 0 Å². The first kappa shape index (κ1) is 24.5. The molecular formula is C30H27NO6. The second-order valence-electron chi connectivity index (χ2n) is 8.62. The van der Waals surface area contributed by atoms with Crippen molar-refractivity contribution >= 4 is 40.9 Å². The topological polar surface area (TPSA) is 83.1 Å². The summed E-state index contributed by atoms with van der Waals surface area (Å²) < 4.78 is 9.96. The van der Waals surface area contributed by atoms with E-state index in [2.05, 4.69) is 11.7 Å². The lowest BCUT2D eigenvalue weighted by molar-refractivity contribution is -0.138. The molecule has 0 amide bonds. The molecule has 2 unspecified atom stereocenters. The van der Waals surface area contributed by atoms with Gasteiger partial charge in [0.2, 0.25) is 0 Å². The van der Waals surface area contributed by atoms with Crippen LogP contribution < -0.4 is 10.5 Å². The minimum atomic E-state index is -0.369. The third kappa shape index (κ3) is 5.18. The molecule has 0 saturated carbocycles. The molecule has 2 atom stereocenters. The van der Waals surface area contributed by atoms with Crippen LogP contribution in [0.4, 0.5) is 0 Å². The van der Waals surface area contributed by atoms with Crippen molar-refractivity contribution in [3.05, 3.63) is 94.6 Å². The maximum atomic E-state index is 11.7. The van der Waals surface area contributed by atoms with Crippen molar-refractivity contribution in [1.82, 2.24) is 5.64 Å². The third-order valence-electron chi connectivity index (χ3n) is 6.33. The summed E-state index contributed by atoms with van der Waals surface area (Å²) in [6.45, 7) is 4.24. The molecule has 37 heavy (non-hydrogen) atoms. The summed E-state index contributed by atoms with van der Waals surface area (Å²) in [5, 5.41) is 2.04. The van der Waals surface area contributed by atoms with E-state index in [0.717, 1.165) is 38.6 Å². The molecule has 7 nitrogen and oxygen atoms in total. The van der Waals surface area contributed by atoms with Gasteiger partial charge < -0.3 is 14.3 Å². The Kier molecular flexibility index (Phi) is 7.16. The number of benzene rings is 3. The lowest BCUT2D eigenvalue weighted by atomic mass is 9.78. The summed E-state index contributed by atoms with van der Waals surface area (Å²) in [5.74, 6) is -0.181. The van der Waals surface area contributed by atoms with Gasteiger partial charge in [-0.05, 0) is 82.9 Å². The first-order valence-corrected chi connectivity index (χ1v) is 12.2. The summed E-state index contributed by atoms with van der Waals surface area (Å²) >= 11 is 0. The van der Waals surface area contributed by atoms with Crippen molar-refractivity contribution in [2.45, 2.75) is 25.9 Å². The van der Waals surface area contributed by atoms with Crippen molar-refractivity contribution in [3.63, 3.8) is 0 Å². The predicted octanol–water partition coefficient (Wildman–Crippen LogP) is 5.35. The summed E-state index contributed by atoms with van der Waals surface area (Å²) in [4.78, 5) is 35.1. The van der Waals surface area contributed by atoms with Crippen LogP contribution in [0.3, 0.4) is 0 Å². The van der Waals surface area contributed by atoms with Crippen LogP contribution in [0, 0.1) is 0 Å². The van der Waals surface area contributed by atoms with E-state index in [0.29, 0.717) is 19.0 Å². The average molecular weight is 498 g/mol. The van der Waals surface area contributed by atoms with E-state index >= 15 is 0 Å². The second-order valence-corrected chi connectivity index (χ2v) is 8.62. The van der Waals surface area contributed by atoms with E-state index in [-0.39, 0.29) is 24.0 Å². The molecule has 1 heterocycles. The fourth-order valence-electron chi connectivity index (χ4n) is 4.74. The molecule has 1 N–H and O–H groups in total. The van der Waals surface area contributed by atoms with Gasteiger partial charge in [-0.15, -0.1) is 0 Å². The molecule has 3 aromatic rings. The Hall–Kier alpha value is -4.20. The van der Waals surface area contributed by atoms with E-state index in [4.69, 9.17) is 19.1 Å². The molecule has 0 bridgehead atoms. The molecule has 1 aliphatic heterocycles. The van der Waals surface area contributed by atoms with E-state index in [1.807, 2.05) is 54.6 Å². The highest BCUT2D eigenvalue weighted by Gasteiger charge is 2.35. The van der Waals surface area contributed by atoms with Crippen molar-refractivity contribution in [3.8, 4) is 5.75 Å². The van der Waals surface area contributed by atoms with Crippen LogP contribution in [0.5, 0.6) is 5.75 Å². The maximum absolute atomic E-state index is 11.7. The van der Waals surface area contributed by atoms with Gasteiger partial charge in [-0.3, -0.25) is 4.84 Å². The highest BCUT2D eigenvalue weighted by atomic mass is 16.9. The van der Waals surface area contributed by atoms with E-state index in [1.54, 1.807) is 26.0 Å². The zero-order valence-corrected chi connectivity index (χ0v) is 20.6. The molecule has 5 rings (SSSR count). The fourth-order valence-corrected chi connectivity index (χ4v) is 4.74. The van der Waals surface area contributed by atoms with Gasteiger partial charge in [-0.2, -0.15) is 0 Å². The summed E-state index contributed by atoms with van der Waals surface area (Å²) in [6.07, 6.45) is 10.1. The van der Waals surface area contributed by atoms with Gasteiger partial charge in [-0.1, -0.05) is 42.5 Å². The fraction of sp³-hybridized carbons (Fsp3) is 0.200. The monoisotopic (exact) mass is 497 g/mol. The molecule has 1 aliphatic carbocycles. The normalized spacial score (nSPS) is 18.1. The van der Waals surface area contributed by atoms with Crippen LogP contribution in [0.25, 0.3) is 29.0 Å². The number of hydrogen-bond acceptors (Lipinski definition) is 7. The smallest absolute Gasteiger partial charge is 0.330 e. The van der Waals surface area contributed by atoms with E-state index in [1.165, 1.54) is 12.2 Å². The SMILES string of the molecule is CCOC(=O)/C=C/c1ccc2c(c1)C=CC1ONOc3ccc4cc(/C=C/C(=O)OCC)ccc4c3C21. The summed E-state index contributed by atoms with van der Waals surface area (Å²) in [5.41, 5.74) is 7.56. The third-order valence-corrected chi connectivity index (χ3v) is 6.33. The minimum Gasteiger partial charge on any atom is -0.463 e. The molecule has 0 saturated heterocycles. The van der Waals surface area contributed by atoms with Gasteiger partial charge in [0.1, 0.15) is 6.10 Å². The van der Waals surface area contributed by atoms with Crippen molar-refractivity contribution in [2.75, 3.05) is 13.2 Å². The van der Waals surface area contributed by atoms with Crippen LogP contribution >= 0.6 is 0 Å². The molecule has 7 heteroatoms. The highest BCUT2D eigenvalue weighted by molar-refractivity contribution is 5.93. The zero-order valence-electron chi connectivity index (χ0n) is 20.6. The Balaban J connectivity index is 1.54. The number of rotatable bonds is 6. The molecular weight excluding hydrogens is 470 g/mol. The second kappa shape index (κ2) is 10.8. The molecule has 188 valence electrons. The molecule has 2 aliphatic rings. The number of esters is 2. The quantitative estimate of drug-likeness (QED) is 0.363. The zero-order chi connectivity index (χ0) is 25.8. The van der Waals surface area contributed by atoms with Gasteiger partial charge in [0, 0.05) is 23.6 Å². The van der Waals surface area contributed by atoms with Crippen LogP contribution in [0.1, 0.15) is 47.6 Å². The van der Waals surface area contributed by atoms with E-state index in [9.17, 15) is 9.59 Å². The van der Waals surface area contributed by atoms with Gasteiger partial charge >= 0.3 is 11.9 Å². The standard InChI is InChI=1S/C30H27NO6/c1-3-34-27(32)15-7-19-5-11-23-21(17-19)9-13-25-29(23)30-24-12-6-20(8-16-28(33)35-4-2)18-22(24)10-14-26(30)37-31-36-25/h5-18,25,29,31H,3-4H2,1-2H3/b15-7+,16-8+. The van der Waals surface area contributed by atoms with Gasteiger partial charge in [-0.25, -0.2) is 9.59 Å². The van der Waals surface area contributed by atoms with E-state index < -0.39 is 0 Å². The lowest BCUT2D eigenvalue weighted by Gasteiger charge is -2.28.